The topological polar surface area (TPSA) is 15.3 Å². The van der Waals surface area contributed by atoms with Gasteiger partial charge in [0.05, 0.1) is 0 Å². The van der Waals surface area contributed by atoms with Gasteiger partial charge in [0.1, 0.15) is 0 Å². The van der Waals surface area contributed by atoms with Crippen molar-refractivity contribution in [3.63, 3.8) is 0 Å². The summed E-state index contributed by atoms with van der Waals surface area (Å²) < 4.78 is 0. The molecule has 2 fully saturated rings. The number of nitrogens with zero attached hydrogens (tertiary/aromatic N) is 1. The zero-order valence-electron chi connectivity index (χ0n) is 10.6. The minimum atomic E-state index is 0.457. The molecule has 0 radical (unpaired) electrons. The van der Waals surface area contributed by atoms with Crippen LogP contribution in [0.1, 0.15) is 46.5 Å². The molecule has 2 unspecified atom stereocenters. The van der Waals surface area contributed by atoms with Gasteiger partial charge in [-0.2, -0.15) is 0 Å². The molecule has 1 N–H and O–H groups in total. The number of hydrogen-bond acceptors (Lipinski definition) is 2. The van der Waals surface area contributed by atoms with Crippen LogP contribution in [-0.2, 0) is 0 Å². The molecule has 2 nitrogen and oxygen atoms in total. The smallest absolute Gasteiger partial charge is 0.0334 e. The van der Waals surface area contributed by atoms with Crippen LogP contribution in [0.5, 0.6) is 0 Å². The Morgan fingerprint density at radius 1 is 1.33 bits per heavy atom. The largest absolute Gasteiger partial charge is 0.311 e. The van der Waals surface area contributed by atoms with Gasteiger partial charge in [-0.05, 0) is 38.6 Å². The summed E-state index contributed by atoms with van der Waals surface area (Å²) in [4.78, 5) is 2.72. The Balaban J connectivity index is 1.97. The Hall–Kier alpha value is -0.0800. The molecule has 1 saturated carbocycles. The van der Waals surface area contributed by atoms with Crippen LogP contribution in [0.2, 0.25) is 0 Å². The molecule has 1 saturated heterocycles. The Morgan fingerprint density at radius 2 is 2.07 bits per heavy atom. The van der Waals surface area contributed by atoms with Gasteiger partial charge < -0.3 is 5.32 Å². The summed E-state index contributed by atoms with van der Waals surface area (Å²) in [5.41, 5.74) is 0.457. The summed E-state index contributed by atoms with van der Waals surface area (Å²) in [5, 5.41) is 3.75. The Bertz CT molecular complexity index is 213. The van der Waals surface area contributed by atoms with Crippen molar-refractivity contribution in [1.29, 1.82) is 0 Å². The van der Waals surface area contributed by atoms with Crippen LogP contribution in [0, 0.1) is 5.92 Å². The second kappa shape index (κ2) is 4.42. The molecule has 0 spiro atoms. The summed E-state index contributed by atoms with van der Waals surface area (Å²) in [6.07, 6.45) is 5.53. The molecule has 15 heavy (non-hydrogen) atoms. The van der Waals surface area contributed by atoms with E-state index in [0.717, 1.165) is 12.0 Å². The van der Waals surface area contributed by atoms with Crippen molar-refractivity contribution < 1.29 is 0 Å². The first-order valence-corrected chi connectivity index (χ1v) is 6.69. The molecule has 0 aromatic heterocycles. The number of hydrogen-bond donors (Lipinski definition) is 1. The lowest BCUT2D eigenvalue weighted by molar-refractivity contribution is 0.0380. The molecule has 0 amide bonds. The van der Waals surface area contributed by atoms with Crippen LogP contribution in [0.15, 0.2) is 0 Å². The van der Waals surface area contributed by atoms with E-state index < -0.39 is 0 Å². The van der Waals surface area contributed by atoms with Crippen molar-refractivity contribution in [1.82, 2.24) is 10.2 Å². The zero-order valence-corrected chi connectivity index (χ0v) is 10.6. The Morgan fingerprint density at radius 3 is 2.60 bits per heavy atom. The van der Waals surface area contributed by atoms with Gasteiger partial charge in [0, 0.05) is 24.7 Å². The summed E-state index contributed by atoms with van der Waals surface area (Å²) >= 11 is 0. The van der Waals surface area contributed by atoms with Crippen LogP contribution in [-0.4, -0.2) is 36.1 Å². The SMILES string of the molecule is CCCC1CN(CC)C(C)(C2CC2)CN1. The first-order chi connectivity index (χ1) is 7.20. The molecular weight excluding hydrogens is 184 g/mol. The lowest BCUT2D eigenvalue weighted by Gasteiger charge is -2.48. The highest BCUT2D eigenvalue weighted by Gasteiger charge is 2.47. The molecule has 1 heterocycles. The van der Waals surface area contributed by atoms with E-state index in [1.807, 2.05) is 0 Å². The van der Waals surface area contributed by atoms with Gasteiger partial charge in [-0.1, -0.05) is 20.3 Å². The molecule has 88 valence electrons. The highest BCUT2D eigenvalue weighted by Crippen LogP contribution is 2.43. The maximum absolute atomic E-state index is 3.75. The highest BCUT2D eigenvalue weighted by molar-refractivity contribution is 5.04. The van der Waals surface area contributed by atoms with E-state index >= 15 is 0 Å². The van der Waals surface area contributed by atoms with Crippen LogP contribution in [0.4, 0.5) is 0 Å². The minimum Gasteiger partial charge on any atom is -0.311 e. The Labute approximate surface area is 94.4 Å². The lowest BCUT2D eigenvalue weighted by Crippen LogP contribution is -2.64. The second-order valence-corrected chi connectivity index (χ2v) is 5.54. The van der Waals surface area contributed by atoms with Crippen molar-refractivity contribution in [2.75, 3.05) is 19.6 Å². The van der Waals surface area contributed by atoms with Gasteiger partial charge in [-0.3, -0.25) is 4.90 Å². The third-order valence-corrected chi connectivity index (χ3v) is 4.39. The molecule has 2 heteroatoms. The first-order valence-electron chi connectivity index (χ1n) is 6.69. The monoisotopic (exact) mass is 210 g/mol. The molecule has 0 aromatic carbocycles. The molecule has 2 rings (SSSR count). The van der Waals surface area contributed by atoms with Crippen molar-refractivity contribution in [3.05, 3.63) is 0 Å². The van der Waals surface area contributed by atoms with Crippen LogP contribution < -0.4 is 5.32 Å². The molecular formula is C13H26N2. The minimum absolute atomic E-state index is 0.457. The molecule has 0 bridgehead atoms. The van der Waals surface area contributed by atoms with E-state index in [9.17, 15) is 0 Å². The number of nitrogens with one attached hydrogen (secondary N) is 1. The fourth-order valence-corrected chi connectivity index (χ4v) is 3.14. The van der Waals surface area contributed by atoms with E-state index in [2.05, 4.69) is 31.0 Å². The summed E-state index contributed by atoms with van der Waals surface area (Å²) in [7, 11) is 0. The average molecular weight is 210 g/mol. The summed E-state index contributed by atoms with van der Waals surface area (Å²) in [6, 6.07) is 0.738. The maximum atomic E-state index is 3.75. The Kier molecular flexibility index (Phi) is 3.36. The third-order valence-electron chi connectivity index (χ3n) is 4.39. The number of piperazine rings is 1. The van der Waals surface area contributed by atoms with Crippen LogP contribution in [0.3, 0.4) is 0 Å². The first kappa shape index (κ1) is 11.4. The van der Waals surface area contributed by atoms with Gasteiger partial charge in [-0.25, -0.2) is 0 Å². The number of likely N-dealkylation sites (N-methyl/N-ethyl adjacent to an activating group) is 1. The van der Waals surface area contributed by atoms with E-state index in [1.54, 1.807) is 0 Å². The van der Waals surface area contributed by atoms with Crippen LogP contribution in [0.25, 0.3) is 0 Å². The van der Waals surface area contributed by atoms with Crippen molar-refractivity contribution in [3.8, 4) is 0 Å². The third kappa shape index (κ3) is 2.21. The van der Waals surface area contributed by atoms with Crippen molar-refractivity contribution in [2.24, 2.45) is 5.92 Å². The number of rotatable bonds is 4. The second-order valence-electron chi connectivity index (χ2n) is 5.54. The van der Waals surface area contributed by atoms with Gasteiger partial charge in [0.2, 0.25) is 0 Å². The standard InChI is InChI=1S/C13H26N2/c1-4-6-12-9-15(5-2)13(3,10-14-12)11-7-8-11/h11-12,14H,4-10H2,1-3H3. The summed E-state index contributed by atoms with van der Waals surface area (Å²) in [6.45, 7) is 10.7. The highest BCUT2D eigenvalue weighted by atomic mass is 15.3. The van der Waals surface area contributed by atoms with E-state index in [4.69, 9.17) is 0 Å². The predicted octanol–water partition coefficient (Wildman–Crippen LogP) is 2.25. The quantitative estimate of drug-likeness (QED) is 0.765. The average Bonchev–Trinajstić information content (AvgIpc) is 3.05. The van der Waals surface area contributed by atoms with E-state index in [1.165, 1.54) is 45.3 Å². The molecule has 2 atom stereocenters. The molecule has 2 aliphatic rings. The maximum Gasteiger partial charge on any atom is 0.0334 e. The summed E-state index contributed by atoms with van der Waals surface area (Å²) in [5.74, 6) is 0.965. The van der Waals surface area contributed by atoms with Gasteiger partial charge in [0.25, 0.3) is 0 Å². The van der Waals surface area contributed by atoms with E-state index in [-0.39, 0.29) is 0 Å². The lowest BCUT2D eigenvalue weighted by atomic mass is 9.89. The predicted molar refractivity (Wildman–Crippen MR) is 65.1 cm³/mol. The van der Waals surface area contributed by atoms with Gasteiger partial charge in [0.15, 0.2) is 0 Å². The molecule has 1 aliphatic heterocycles. The van der Waals surface area contributed by atoms with Crippen molar-refractivity contribution >= 4 is 0 Å². The van der Waals surface area contributed by atoms with E-state index in [0.29, 0.717) is 5.54 Å². The zero-order chi connectivity index (χ0) is 10.9. The van der Waals surface area contributed by atoms with Gasteiger partial charge in [-0.15, -0.1) is 0 Å². The van der Waals surface area contributed by atoms with Crippen LogP contribution >= 0.6 is 0 Å². The normalized spacial score (nSPS) is 38.2. The molecule has 1 aliphatic carbocycles. The molecule has 0 aromatic rings. The van der Waals surface area contributed by atoms with Gasteiger partial charge >= 0.3 is 0 Å². The fraction of sp³-hybridized carbons (Fsp3) is 1.00. The van der Waals surface area contributed by atoms with Crippen molar-refractivity contribution in [2.45, 2.75) is 58.0 Å². The fourth-order valence-electron chi connectivity index (χ4n) is 3.14.